The largest absolute Gasteiger partial charge is 0.416 e. The van der Waals surface area contributed by atoms with Crippen LogP contribution in [0.3, 0.4) is 0 Å². The molecule has 20 heavy (non-hydrogen) atoms. The smallest absolute Gasteiger partial charge is 0.378 e. The van der Waals surface area contributed by atoms with Crippen molar-refractivity contribution in [1.29, 1.82) is 0 Å². The van der Waals surface area contributed by atoms with Gasteiger partial charge in [0.05, 0.1) is 5.56 Å². The molecule has 0 aliphatic heterocycles. The predicted molar refractivity (Wildman–Crippen MR) is 76.2 cm³/mol. The number of benzene rings is 2. The zero-order chi connectivity index (χ0) is 14.9. The summed E-state index contributed by atoms with van der Waals surface area (Å²) in [5.74, 6) is 0. The zero-order valence-corrected chi connectivity index (χ0v) is 11.8. The van der Waals surface area contributed by atoms with Crippen molar-refractivity contribution >= 4 is 17.3 Å². The van der Waals surface area contributed by atoms with Crippen LogP contribution < -0.4 is 4.90 Å². The Balaban J connectivity index is 2.54. The summed E-state index contributed by atoms with van der Waals surface area (Å²) >= 11 is 6.03. The second-order valence-electron chi connectivity index (χ2n) is 4.64. The monoisotopic (exact) mass is 299 g/mol. The molecule has 0 heterocycles. The van der Waals surface area contributed by atoms with Crippen LogP contribution in [0, 0.1) is 0 Å². The van der Waals surface area contributed by atoms with E-state index in [1.54, 1.807) is 18.2 Å². The lowest BCUT2D eigenvalue weighted by atomic mass is 10.0. The van der Waals surface area contributed by atoms with Crippen LogP contribution in [0.2, 0.25) is 5.02 Å². The average molecular weight is 300 g/mol. The molecule has 106 valence electrons. The summed E-state index contributed by atoms with van der Waals surface area (Å²) in [4.78, 5) is 1.88. The first-order valence-electron chi connectivity index (χ1n) is 5.93. The van der Waals surface area contributed by atoms with Gasteiger partial charge in [-0.25, -0.2) is 0 Å². The molecule has 0 unspecified atom stereocenters. The van der Waals surface area contributed by atoms with E-state index in [-0.39, 0.29) is 0 Å². The minimum atomic E-state index is -4.38. The number of halogens is 4. The highest BCUT2D eigenvalue weighted by molar-refractivity contribution is 6.33. The summed E-state index contributed by atoms with van der Waals surface area (Å²) < 4.78 is 38.3. The molecule has 0 saturated carbocycles. The molecule has 0 aliphatic carbocycles. The molecule has 0 spiro atoms. The number of rotatable bonds is 2. The Kier molecular flexibility index (Phi) is 3.95. The third-order valence-corrected chi connectivity index (χ3v) is 3.30. The summed E-state index contributed by atoms with van der Waals surface area (Å²) in [5.41, 5.74) is 1.24. The quantitative estimate of drug-likeness (QED) is 0.746. The maximum atomic E-state index is 12.8. The summed E-state index contributed by atoms with van der Waals surface area (Å²) in [5, 5.41) is 0.300. The number of hydrogen-bond acceptors (Lipinski definition) is 1. The summed E-state index contributed by atoms with van der Waals surface area (Å²) in [6, 6.07) is 10.6. The molecule has 0 fully saturated rings. The maximum absolute atomic E-state index is 12.8. The standard InChI is InChI=1S/C15H13ClF3N/c1-20(2)12-5-3-4-10(8-12)13-9-11(15(17,18)19)6-7-14(13)16/h3-9H,1-2H3. The molecule has 0 radical (unpaired) electrons. The van der Waals surface area contributed by atoms with Crippen molar-refractivity contribution in [2.75, 3.05) is 19.0 Å². The number of hydrogen-bond donors (Lipinski definition) is 0. The van der Waals surface area contributed by atoms with E-state index in [1.807, 2.05) is 25.1 Å². The third kappa shape index (κ3) is 3.07. The fourth-order valence-corrected chi connectivity index (χ4v) is 2.10. The van der Waals surface area contributed by atoms with E-state index in [9.17, 15) is 13.2 Å². The molecular formula is C15H13ClF3N. The van der Waals surface area contributed by atoms with E-state index in [0.29, 0.717) is 16.1 Å². The summed E-state index contributed by atoms with van der Waals surface area (Å²) in [6.07, 6.45) is -4.38. The van der Waals surface area contributed by atoms with Crippen molar-refractivity contribution < 1.29 is 13.2 Å². The molecule has 5 heteroatoms. The van der Waals surface area contributed by atoms with Crippen molar-refractivity contribution in [3.63, 3.8) is 0 Å². The van der Waals surface area contributed by atoms with Crippen LogP contribution in [-0.4, -0.2) is 14.1 Å². The molecule has 0 aromatic heterocycles. The lowest BCUT2D eigenvalue weighted by Crippen LogP contribution is -2.08. The minimum absolute atomic E-state index is 0.300. The molecule has 0 N–H and O–H groups in total. The van der Waals surface area contributed by atoms with Gasteiger partial charge < -0.3 is 4.90 Å². The maximum Gasteiger partial charge on any atom is 0.416 e. The summed E-state index contributed by atoms with van der Waals surface area (Å²) in [6.45, 7) is 0. The first-order valence-corrected chi connectivity index (χ1v) is 6.31. The van der Waals surface area contributed by atoms with Gasteiger partial charge in [0.1, 0.15) is 0 Å². The van der Waals surface area contributed by atoms with Crippen LogP contribution in [0.15, 0.2) is 42.5 Å². The Morgan fingerprint density at radius 2 is 1.70 bits per heavy atom. The highest BCUT2D eigenvalue weighted by Gasteiger charge is 2.31. The van der Waals surface area contributed by atoms with Gasteiger partial charge in [-0.2, -0.15) is 13.2 Å². The highest BCUT2D eigenvalue weighted by atomic mass is 35.5. The second-order valence-corrected chi connectivity index (χ2v) is 5.04. The Morgan fingerprint density at radius 3 is 2.30 bits per heavy atom. The Morgan fingerprint density at radius 1 is 1.00 bits per heavy atom. The van der Waals surface area contributed by atoms with Crippen molar-refractivity contribution in [2.24, 2.45) is 0 Å². The van der Waals surface area contributed by atoms with E-state index in [1.165, 1.54) is 6.07 Å². The van der Waals surface area contributed by atoms with Gasteiger partial charge in [0, 0.05) is 30.4 Å². The molecule has 0 atom stereocenters. The molecule has 0 amide bonds. The molecule has 0 saturated heterocycles. The Labute approximate surface area is 120 Å². The van der Waals surface area contributed by atoms with Crippen LogP contribution >= 0.6 is 11.6 Å². The highest BCUT2D eigenvalue weighted by Crippen LogP contribution is 2.36. The van der Waals surface area contributed by atoms with E-state index in [2.05, 4.69) is 0 Å². The van der Waals surface area contributed by atoms with Crippen molar-refractivity contribution in [1.82, 2.24) is 0 Å². The van der Waals surface area contributed by atoms with Crippen molar-refractivity contribution in [3.8, 4) is 11.1 Å². The van der Waals surface area contributed by atoms with Gasteiger partial charge in [-0.1, -0.05) is 23.7 Å². The Bertz CT molecular complexity index is 621. The lowest BCUT2D eigenvalue weighted by Gasteiger charge is -2.15. The normalized spacial score (nSPS) is 11.5. The van der Waals surface area contributed by atoms with Gasteiger partial charge in [-0.15, -0.1) is 0 Å². The molecule has 2 aromatic rings. The third-order valence-electron chi connectivity index (χ3n) is 2.97. The zero-order valence-electron chi connectivity index (χ0n) is 11.0. The first kappa shape index (κ1) is 14.7. The lowest BCUT2D eigenvalue weighted by molar-refractivity contribution is -0.137. The topological polar surface area (TPSA) is 3.24 Å². The van der Waals surface area contributed by atoms with Gasteiger partial charge in [-0.05, 0) is 35.9 Å². The fourth-order valence-electron chi connectivity index (χ4n) is 1.87. The number of alkyl halides is 3. The van der Waals surface area contributed by atoms with Crippen LogP contribution in [-0.2, 0) is 6.18 Å². The Hall–Kier alpha value is -1.68. The van der Waals surface area contributed by atoms with E-state index < -0.39 is 11.7 Å². The van der Waals surface area contributed by atoms with Gasteiger partial charge in [-0.3, -0.25) is 0 Å². The fraction of sp³-hybridized carbons (Fsp3) is 0.200. The van der Waals surface area contributed by atoms with Crippen LogP contribution in [0.5, 0.6) is 0 Å². The van der Waals surface area contributed by atoms with Gasteiger partial charge >= 0.3 is 6.18 Å². The molecule has 0 aliphatic rings. The molecular weight excluding hydrogens is 287 g/mol. The van der Waals surface area contributed by atoms with Gasteiger partial charge in [0.25, 0.3) is 0 Å². The summed E-state index contributed by atoms with van der Waals surface area (Å²) in [7, 11) is 3.74. The number of anilines is 1. The van der Waals surface area contributed by atoms with Crippen LogP contribution in [0.25, 0.3) is 11.1 Å². The predicted octanol–water partition coefficient (Wildman–Crippen LogP) is 5.09. The van der Waals surface area contributed by atoms with Crippen molar-refractivity contribution in [3.05, 3.63) is 53.1 Å². The molecule has 2 aromatic carbocycles. The van der Waals surface area contributed by atoms with Crippen LogP contribution in [0.4, 0.5) is 18.9 Å². The minimum Gasteiger partial charge on any atom is -0.378 e. The van der Waals surface area contributed by atoms with Crippen LogP contribution in [0.1, 0.15) is 5.56 Å². The second kappa shape index (κ2) is 5.37. The molecule has 0 bridgehead atoms. The van der Waals surface area contributed by atoms with E-state index in [0.717, 1.165) is 17.8 Å². The van der Waals surface area contributed by atoms with Gasteiger partial charge in [0.15, 0.2) is 0 Å². The SMILES string of the molecule is CN(C)c1cccc(-c2cc(C(F)(F)F)ccc2Cl)c1. The van der Waals surface area contributed by atoms with E-state index in [4.69, 9.17) is 11.6 Å². The first-order chi connectivity index (χ1) is 9.29. The molecule has 2 rings (SSSR count). The van der Waals surface area contributed by atoms with Crippen molar-refractivity contribution in [2.45, 2.75) is 6.18 Å². The molecule has 1 nitrogen and oxygen atoms in total. The van der Waals surface area contributed by atoms with E-state index >= 15 is 0 Å². The van der Waals surface area contributed by atoms with Gasteiger partial charge in [0.2, 0.25) is 0 Å². The number of nitrogens with zero attached hydrogens (tertiary/aromatic N) is 1. The average Bonchev–Trinajstić information content (AvgIpc) is 2.38.